The van der Waals surface area contributed by atoms with Gasteiger partial charge in [-0.3, -0.25) is 9.59 Å². The number of fused-ring (bicyclic) bond motifs is 1. The third-order valence-corrected chi connectivity index (χ3v) is 3.79. The van der Waals surface area contributed by atoms with Crippen LogP contribution in [0.25, 0.3) is 0 Å². The van der Waals surface area contributed by atoms with Crippen LogP contribution in [0, 0.1) is 0 Å². The zero-order valence-corrected chi connectivity index (χ0v) is 12.1. The quantitative estimate of drug-likeness (QED) is 0.774. The van der Waals surface area contributed by atoms with Gasteiger partial charge >= 0.3 is 5.97 Å². The minimum atomic E-state index is -0.233. The molecule has 0 N–H and O–H groups in total. The van der Waals surface area contributed by atoms with Crippen molar-refractivity contribution in [2.24, 2.45) is 0 Å². The van der Waals surface area contributed by atoms with E-state index in [9.17, 15) is 9.59 Å². The van der Waals surface area contributed by atoms with Crippen molar-refractivity contribution in [2.45, 2.75) is 32.1 Å². The van der Waals surface area contributed by atoms with Crippen LogP contribution in [-0.4, -0.2) is 37.5 Å². The Bertz CT molecular complexity index is 510. The van der Waals surface area contributed by atoms with Gasteiger partial charge in [-0.1, -0.05) is 6.07 Å². The summed E-state index contributed by atoms with van der Waals surface area (Å²) in [6.45, 7) is 0.561. The van der Waals surface area contributed by atoms with E-state index in [1.807, 2.05) is 12.1 Å². The molecule has 4 heteroatoms. The fourth-order valence-corrected chi connectivity index (χ4v) is 2.59. The molecule has 20 heavy (non-hydrogen) atoms. The number of carbonyl (C=O) groups excluding carboxylic acids is 2. The number of carbonyl (C=O) groups is 2. The van der Waals surface area contributed by atoms with Gasteiger partial charge in [-0.25, -0.2) is 0 Å². The average Bonchev–Trinajstić information content (AvgIpc) is 2.93. The maximum atomic E-state index is 12.3. The van der Waals surface area contributed by atoms with Crippen molar-refractivity contribution >= 4 is 11.9 Å². The molecule has 1 aromatic carbocycles. The van der Waals surface area contributed by atoms with Gasteiger partial charge in [-0.05, 0) is 48.9 Å². The first kappa shape index (κ1) is 14.6. The van der Waals surface area contributed by atoms with E-state index in [0.29, 0.717) is 19.4 Å². The Kier molecular flexibility index (Phi) is 4.77. The molecule has 4 nitrogen and oxygen atoms in total. The van der Waals surface area contributed by atoms with Gasteiger partial charge < -0.3 is 9.64 Å². The minimum Gasteiger partial charge on any atom is -0.469 e. The molecule has 0 saturated heterocycles. The Morgan fingerprint density at radius 1 is 1.25 bits per heavy atom. The monoisotopic (exact) mass is 275 g/mol. The van der Waals surface area contributed by atoms with Gasteiger partial charge in [0, 0.05) is 25.6 Å². The number of hydrogen-bond acceptors (Lipinski definition) is 3. The summed E-state index contributed by atoms with van der Waals surface area (Å²) in [6, 6.07) is 5.99. The van der Waals surface area contributed by atoms with E-state index in [0.717, 1.165) is 18.4 Å². The van der Waals surface area contributed by atoms with Crippen molar-refractivity contribution in [1.29, 1.82) is 0 Å². The number of ether oxygens (including phenoxy) is 1. The summed E-state index contributed by atoms with van der Waals surface area (Å²) in [5, 5.41) is 0. The van der Waals surface area contributed by atoms with Crippen molar-refractivity contribution in [3.63, 3.8) is 0 Å². The summed E-state index contributed by atoms with van der Waals surface area (Å²) >= 11 is 0. The third-order valence-electron chi connectivity index (χ3n) is 3.79. The van der Waals surface area contributed by atoms with E-state index >= 15 is 0 Å². The highest BCUT2D eigenvalue weighted by Crippen LogP contribution is 2.23. The highest BCUT2D eigenvalue weighted by atomic mass is 16.5. The van der Waals surface area contributed by atoms with Crippen LogP contribution in [0.1, 0.15) is 40.7 Å². The Morgan fingerprint density at radius 2 is 2.00 bits per heavy atom. The molecule has 0 aromatic heterocycles. The van der Waals surface area contributed by atoms with Gasteiger partial charge in [-0.2, -0.15) is 0 Å². The summed E-state index contributed by atoms with van der Waals surface area (Å²) in [4.78, 5) is 25.0. The number of benzene rings is 1. The van der Waals surface area contributed by atoms with E-state index in [-0.39, 0.29) is 11.9 Å². The largest absolute Gasteiger partial charge is 0.469 e. The molecule has 0 unspecified atom stereocenters. The van der Waals surface area contributed by atoms with Crippen LogP contribution in [0.5, 0.6) is 0 Å². The van der Waals surface area contributed by atoms with E-state index in [1.165, 1.54) is 24.7 Å². The average molecular weight is 275 g/mol. The lowest BCUT2D eigenvalue weighted by Gasteiger charge is -2.17. The maximum Gasteiger partial charge on any atom is 0.305 e. The van der Waals surface area contributed by atoms with Gasteiger partial charge in [0.05, 0.1) is 7.11 Å². The van der Waals surface area contributed by atoms with Crippen LogP contribution in [0.4, 0.5) is 0 Å². The van der Waals surface area contributed by atoms with E-state index in [1.54, 1.807) is 11.9 Å². The number of hydrogen-bond donors (Lipinski definition) is 0. The fraction of sp³-hybridized carbons (Fsp3) is 0.500. The number of nitrogens with zero attached hydrogens (tertiary/aromatic N) is 1. The summed E-state index contributed by atoms with van der Waals surface area (Å²) in [5.74, 6) is -0.215. The fourth-order valence-electron chi connectivity index (χ4n) is 2.59. The van der Waals surface area contributed by atoms with Crippen LogP contribution in [-0.2, 0) is 22.4 Å². The third kappa shape index (κ3) is 3.38. The normalized spacial score (nSPS) is 12.9. The maximum absolute atomic E-state index is 12.3. The zero-order valence-electron chi connectivity index (χ0n) is 12.1. The molecule has 0 spiro atoms. The van der Waals surface area contributed by atoms with Crippen molar-refractivity contribution in [2.75, 3.05) is 20.7 Å². The summed E-state index contributed by atoms with van der Waals surface area (Å²) in [6.07, 6.45) is 4.35. The standard InChI is InChI=1S/C16H21NO3/c1-17(10-4-7-15(18)20-2)16(19)14-9-8-12-5-3-6-13(12)11-14/h8-9,11H,3-7,10H2,1-2H3. The van der Waals surface area contributed by atoms with Crippen LogP contribution < -0.4 is 0 Å². The lowest BCUT2D eigenvalue weighted by atomic mass is 10.1. The topological polar surface area (TPSA) is 46.6 Å². The van der Waals surface area contributed by atoms with Crippen molar-refractivity contribution in [3.05, 3.63) is 34.9 Å². The van der Waals surface area contributed by atoms with E-state index < -0.39 is 0 Å². The SMILES string of the molecule is COC(=O)CCCN(C)C(=O)c1ccc2c(c1)CCC2. The van der Waals surface area contributed by atoms with Crippen molar-refractivity contribution in [1.82, 2.24) is 4.90 Å². The molecule has 108 valence electrons. The Balaban J connectivity index is 1.91. The molecular formula is C16H21NO3. The second-order valence-corrected chi connectivity index (χ2v) is 5.24. The predicted octanol–water partition coefficient (Wildman–Crippen LogP) is 2.20. The highest BCUT2D eigenvalue weighted by molar-refractivity contribution is 5.94. The number of aryl methyl sites for hydroxylation is 2. The van der Waals surface area contributed by atoms with Gasteiger partial charge in [0.25, 0.3) is 5.91 Å². The Hall–Kier alpha value is -1.84. The smallest absolute Gasteiger partial charge is 0.305 e. The molecule has 1 aliphatic carbocycles. The second-order valence-electron chi connectivity index (χ2n) is 5.24. The minimum absolute atomic E-state index is 0.0181. The van der Waals surface area contributed by atoms with Crippen molar-refractivity contribution < 1.29 is 14.3 Å². The van der Waals surface area contributed by atoms with Gasteiger partial charge in [-0.15, -0.1) is 0 Å². The van der Waals surface area contributed by atoms with Crippen LogP contribution in [0.15, 0.2) is 18.2 Å². The Morgan fingerprint density at radius 3 is 2.75 bits per heavy atom. The molecule has 0 atom stereocenters. The molecule has 0 aliphatic heterocycles. The molecular weight excluding hydrogens is 254 g/mol. The molecule has 1 amide bonds. The number of methoxy groups -OCH3 is 1. The zero-order chi connectivity index (χ0) is 14.5. The molecule has 0 bridgehead atoms. The lowest BCUT2D eigenvalue weighted by Crippen LogP contribution is -2.28. The van der Waals surface area contributed by atoms with E-state index in [2.05, 4.69) is 10.8 Å². The first-order valence-electron chi connectivity index (χ1n) is 7.06. The van der Waals surface area contributed by atoms with Gasteiger partial charge in [0.15, 0.2) is 0 Å². The first-order valence-corrected chi connectivity index (χ1v) is 7.06. The van der Waals surface area contributed by atoms with Crippen molar-refractivity contribution in [3.8, 4) is 0 Å². The molecule has 0 radical (unpaired) electrons. The summed E-state index contributed by atoms with van der Waals surface area (Å²) in [5.41, 5.74) is 3.42. The molecule has 1 aliphatic rings. The molecule has 0 fully saturated rings. The molecule has 1 aromatic rings. The van der Waals surface area contributed by atoms with Gasteiger partial charge in [0.1, 0.15) is 0 Å². The van der Waals surface area contributed by atoms with Crippen LogP contribution >= 0.6 is 0 Å². The van der Waals surface area contributed by atoms with Crippen LogP contribution in [0.2, 0.25) is 0 Å². The molecule has 0 heterocycles. The highest BCUT2D eigenvalue weighted by Gasteiger charge is 2.16. The number of esters is 1. The second kappa shape index (κ2) is 6.55. The predicted molar refractivity (Wildman–Crippen MR) is 76.7 cm³/mol. The van der Waals surface area contributed by atoms with Gasteiger partial charge in [0.2, 0.25) is 0 Å². The molecule has 2 rings (SSSR count). The lowest BCUT2D eigenvalue weighted by molar-refractivity contribution is -0.140. The van der Waals surface area contributed by atoms with Crippen LogP contribution in [0.3, 0.4) is 0 Å². The summed E-state index contributed by atoms with van der Waals surface area (Å²) < 4.78 is 4.59. The summed E-state index contributed by atoms with van der Waals surface area (Å²) in [7, 11) is 3.15. The Labute approximate surface area is 119 Å². The molecule has 0 saturated carbocycles. The first-order chi connectivity index (χ1) is 9.61. The number of amides is 1. The number of rotatable bonds is 5. The van der Waals surface area contributed by atoms with E-state index in [4.69, 9.17) is 0 Å².